The number of hydrogen-bond donors (Lipinski definition) is 1. The summed E-state index contributed by atoms with van der Waals surface area (Å²) in [6.07, 6.45) is 1.64. The number of hydrogen-bond acceptors (Lipinski definition) is 7. The predicted octanol–water partition coefficient (Wildman–Crippen LogP) is 4.26. The highest BCUT2D eigenvalue weighted by atomic mass is 16.5. The van der Waals surface area contributed by atoms with E-state index in [4.69, 9.17) is 9.72 Å². The maximum Gasteiger partial charge on any atom is 0.247 e. The van der Waals surface area contributed by atoms with E-state index >= 15 is 0 Å². The molecule has 1 fully saturated rings. The van der Waals surface area contributed by atoms with Gasteiger partial charge in [0.15, 0.2) is 0 Å². The van der Waals surface area contributed by atoms with Crippen molar-refractivity contribution < 1.29 is 14.6 Å². The number of pyridine rings is 2. The van der Waals surface area contributed by atoms with Gasteiger partial charge in [0.2, 0.25) is 5.91 Å². The minimum absolute atomic E-state index is 0.0996. The molecule has 5 rings (SSSR count). The summed E-state index contributed by atoms with van der Waals surface area (Å²) >= 11 is 0. The highest BCUT2D eigenvalue weighted by Gasteiger charge is 2.28. The van der Waals surface area contributed by atoms with Crippen molar-refractivity contribution in [3.8, 4) is 22.9 Å². The molecule has 8 heteroatoms. The summed E-state index contributed by atoms with van der Waals surface area (Å²) in [6, 6.07) is 20.8. The number of piperazine rings is 1. The van der Waals surface area contributed by atoms with Gasteiger partial charge in [-0.25, -0.2) is 9.97 Å². The molecular formula is C29H27N5O3. The lowest BCUT2D eigenvalue weighted by molar-refractivity contribution is -0.118. The molecular weight excluding hydrogens is 466 g/mol. The zero-order chi connectivity index (χ0) is 26.2. The minimum Gasteiger partial charge on any atom is -0.496 e. The number of methoxy groups -OCH3 is 1. The normalized spacial score (nSPS) is 14.1. The zero-order valence-corrected chi connectivity index (χ0v) is 21.0. The lowest BCUT2D eigenvalue weighted by Gasteiger charge is -2.34. The topological polar surface area (TPSA) is 103 Å². The van der Waals surface area contributed by atoms with Crippen LogP contribution in [0.3, 0.4) is 0 Å². The Hall–Kier alpha value is -4.48. The van der Waals surface area contributed by atoms with E-state index in [2.05, 4.69) is 11.1 Å². The van der Waals surface area contributed by atoms with Crippen molar-refractivity contribution in [2.45, 2.75) is 19.4 Å². The highest BCUT2D eigenvalue weighted by molar-refractivity contribution is 6.02. The van der Waals surface area contributed by atoms with Crippen LogP contribution in [-0.4, -0.2) is 47.7 Å². The Morgan fingerprint density at radius 3 is 2.54 bits per heavy atom. The largest absolute Gasteiger partial charge is 0.496 e. The van der Waals surface area contributed by atoms with E-state index < -0.39 is 5.60 Å². The number of benzene rings is 2. The number of ether oxygens (including phenoxy) is 1. The number of aliphatic hydroxyl groups is 1. The summed E-state index contributed by atoms with van der Waals surface area (Å²) in [4.78, 5) is 26.2. The molecule has 2 aromatic heterocycles. The summed E-state index contributed by atoms with van der Waals surface area (Å²) in [5.74, 6) is 1.72. The molecule has 3 heterocycles. The van der Waals surface area contributed by atoms with Gasteiger partial charge in [-0.1, -0.05) is 30.3 Å². The van der Waals surface area contributed by atoms with Crippen LogP contribution in [0.25, 0.3) is 22.0 Å². The maximum absolute atomic E-state index is 13.3. The second kappa shape index (κ2) is 9.52. The second-order valence-corrected chi connectivity index (χ2v) is 9.51. The van der Waals surface area contributed by atoms with Crippen molar-refractivity contribution in [1.82, 2.24) is 9.97 Å². The number of anilines is 2. The summed E-state index contributed by atoms with van der Waals surface area (Å²) < 4.78 is 5.69. The average molecular weight is 494 g/mol. The first kappa shape index (κ1) is 24.2. The Morgan fingerprint density at radius 1 is 1.05 bits per heavy atom. The number of amides is 1. The van der Waals surface area contributed by atoms with Gasteiger partial charge in [-0.05, 0) is 43.7 Å². The first-order chi connectivity index (χ1) is 17.8. The standard InChI is InChI=1S/C29H27N5O3/c1-29(2,36)21-10-11-25(31-17-21)33-12-13-34(27(35)18-33)26-15-24(37-3)23-9-5-8-22(28(23)32-26)20-7-4-6-19(14-20)16-30/h4-11,14-15,17,36H,12-13,18H2,1-3H3. The lowest BCUT2D eigenvalue weighted by Crippen LogP contribution is -2.51. The molecule has 1 N–H and O–H groups in total. The van der Waals surface area contributed by atoms with E-state index in [0.29, 0.717) is 47.1 Å². The molecule has 1 aliphatic heterocycles. The van der Waals surface area contributed by atoms with E-state index in [9.17, 15) is 15.2 Å². The number of nitriles is 1. The van der Waals surface area contributed by atoms with Crippen molar-refractivity contribution >= 4 is 28.4 Å². The van der Waals surface area contributed by atoms with E-state index in [0.717, 1.165) is 16.5 Å². The van der Waals surface area contributed by atoms with Crippen LogP contribution in [0.15, 0.2) is 66.9 Å². The summed E-state index contributed by atoms with van der Waals surface area (Å²) in [6.45, 7) is 4.59. The molecule has 37 heavy (non-hydrogen) atoms. The van der Waals surface area contributed by atoms with Crippen molar-refractivity contribution in [3.05, 3.63) is 78.0 Å². The van der Waals surface area contributed by atoms with Gasteiger partial charge in [0.1, 0.15) is 17.4 Å². The molecule has 8 nitrogen and oxygen atoms in total. The fourth-order valence-corrected chi connectivity index (χ4v) is 4.55. The molecule has 0 radical (unpaired) electrons. The lowest BCUT2D eigenvalue weighted by atomic mass is 10.00. The van der Waals surface area contributed by atoms with Crippen molar-refractivity contribution in [1.29, 1.82) is 5.26 Å². The number of fused-ring (bicyclic) bond motifs is 1. The molecule has 0 bridgehead atoms. The number of rotatable bonds is 5. The molecule has 0 spiro atoms. The van der Waals surface area contributed by atoms with Gasteiger partial charge in [0.05, 0.1) is 36.4 Å². The molecule has 0 saturated carbocycles. The van der Waals surface area contributed by atoms with Crippen LogP contribution < -0.4 is 14.5 Å². The number of carbonyl (C=O) groups excluding carboxylic acids is 1. The molecule has 1 aliphatic rings. The molecule has 1 amide bonds. The third kappa shape index (κ3) is 4.69. The third-order valence-electron chi connectivity index (χ3n) is 6.59. The summed E-state index contributed by atoms with van der Waals surface area (Å²) in [5, 5.41) is 20.4. The molecule has 0 aliphatic carbocycles. The van der Waals surface area contributed by atoms with Gasteiger partial charge >= 0.3 is 0 Å². The maximum atomic E-state index is 13.3. The first-order valence-corrected chi connectivity index (χ1v) is 12.0. The Kier molecular flexibility index (Phi) is 6.24. The molecule has 2 aromatic carbocycles. The van der Waals surface area contributed by atoms with Gasteiger partial charge in [-0.3, -0.25) is 9.69 Å². The van der Waals surface area contributed by atoms with Gasteiger partial charge in [0.25, 0.3) is 0 Å². The van der Waals surface area contributed by atoms with Crippen LogP contribution in [-0.2, 0) is 10.4 Å². The number of para-hydroxylation sites is 1. The Morgan fingerprint density at radius 2 is 1.86 bits per heavy atom. The molecule has 4 aromatic rings. The van der Waals surface area contributed by atoms with Crippen LogP contribution in [0.5, 0.6) is 5.75 Å². The highest BCUT2D eigenvalue weighted by Crippen LogP contribution is 2.36. The van der Waals surface area contributed by atoms with E-state index in [1.807, 2.05) is 53.4 Å². The van der Waals surface area contributed by atoms with E-state index in [-0.39, 0.29) is 12.5 Å². The smallest absolute Gasteiger partial charge is 0.247 e. The minimum atomic E-state index is -0.977. The predicted molar refractivity (Wildman–Crippen MR) is 142 cm³/mol. The van der Waals surface area contributed by atoms with Crippen LogP contribution in [0.2, 0.25) is 0 Å². The molecule has 1 saturated heterocycles. The fourth-order valence-electron chi connectivity index (χ4n) is 4.55. The number of nitrogens with zero attached hydrogens (tertiary/aromatic N) is 5. The van der Waals surface area contributed by atoms with Gasteiger partial charge < -0.3 is 14.7 Å². The monoisotopic (exact) mass is 493 g/mol. The number of aromatic nitrogens is 2. The average Bonchev–Trinajstić information content (AvgIpc) is 2.91. The SMILES string of the molecule is COc1cc(N2CCN(c3ccc(C(C)(C)O)cn3)CC2=O)nc2c(-c3cccc(C#N)c3)cccc12. The first-order valence-electron chi connectivity index (χ1n) is 12.0. The van der Waals surface area contributed by atoms with Crippen molar-refractivity contribution in [2.24, 2.45) is 0 Å². The summed E-state index contributed by atoms with van der Waals surface area (Å²) in [5.41, 5.74) is 2.73. The van der Waals surface area contributed by atoms with Gasteiger partial charge in [-0.2, -0.15) is 5.26 Å². The Labute approximate surface area is 215 Å². The second-order valence-electron chi connectivity index (χ2n) is 9.51. The molecule has 0 unspecified atom stereocenters. The third-order valence-corrected chi connectivity index (χ3v) is 6.59. The van der Waals surface area contributed by atoms with Crippen molar-refractivity contribution in [2.75, 3.05) is 36.5 Å². The van der Waals surface area contributed by atoms with Gasteiger partial charge in [-0.15, -0.1) is 0 Å². The molecule has 0 atom stereocenters. The van der Waals surface area contributed by atoms with Crippen LogP contribution >= 0.6 is 0 Å². The Balaban J connectivity index is 1.47. The van der Waals surface area contributed by atoms with Crippen molar-refractivity contribution in [3.63, 3.8) is 0 Å². The van der Waals surface area contributed by atoms with Crippen LogP contribution in [0.1, 0.15) is 25.0 Å². The fraction of sp³-hybridized carbons (Fsp3) is 0.241. The van der Waals surface area contributed by atoms with Crippen LogP contribution in [0, 0.1) is 11.3 Å². The van der Waals surface area contributed by atoms with E-state index in [1.54, 1.807) is 44.2 Å². The quantitative estimate of drug-likeness (QED) is 0.443. The summed E-state index contributed by atoms with van der Waals surface area (Å²) in [7, 11) is 1.60. The van der Waals surface area contributed by atoms with Gasteiger partial charge in [0, 0.05) is 41.9 Å². The molecule has 186 valence electrons. The number of carbonyl (C=O) groups is 1. The van der Waals surface area contributed by atoms with Crippen LogP contribution in [0.4, 0.5) is 11.6 Å². The zero-order valence-electron chi connectivity index (χ0n) is 21.0. The van der Waals surface area contributed by atoms with E-state index in [1.165, 1.54) is 0 Å². The Bertz CT molecular complexity index is 1520.